The lowest BCUT2D eigenvalue weighted by Crippen LogP contribution is -2.75. The van der Waals surface area contributed by atoms with Crippen LogP contribution in [0, 0.1) is 5.41 Å². The number of anilines is 1. The molecule has 4 heterocycles. The number of halogens is 3. The van der Waals surface area contributed by atoms with Crippen molar-refractivity contribution in [3.63, 3.8) is 0 Å². The van der Waals surface area contributed by atoms with Crippen LogP contribution in [0.2, 0.25) is 0 Å². The summed E-state index contributed by atoms with van der Waals surface area (Å²) in [6.45, 7) is 4.09. The van der Waals surface area contributed by atoms with Crippen molar-refractivity contribution in [2.24, 2.45) is 5.41 Å². The summed E-state index contributed by atoms with van der Waals surface area (Å²) >= 11 is 0. The number of nitrogens with zero attached hydrogens (tertiary/aromatic N) is 2. The molecule has 5 rings (SSSR count). The van der Waals surface area contributed by atoms with Gasteiger partial charge in [0.05, 0.1) is 29.5 Å². The number of pyridine rings is 1. The van der Waals surface area contributed by atoms with Crippen molar-refractivity contribution >= 4 is 23.5 Å². The SMILES string of the molecule is C[C@@H]1CN2c3ccc(-c4ccc(C(F)(F)F)cn4)cc3CC3(C(=O)NC(=O)NC3=O)[C@H]2[C@H](C)O1. The molecule has 178 valence electrons. The standard InChI is InChI=1S/C23H21F3N4O4/c1-11-10-30-17-6-3-13(16-5-4-15(9-27-16)23(24,25)26)7-14(17)8-22(18(30)12(2)34-11)19(31)28-21(33)29-20(22)32/h3-7,9,11-12,18H,8,10H2,1-2H3,(H2,28,29,31,32,33)/t11-,12+,18-/m1/s1. The van der Waals surface area contributed by atoms with E-state index in [1.807, 2.05) is 17.9 Å². The lowest BCUT2D eigenvalue weighted by atomic mass is 9.66. The van der Waals surface area contributed by atoms with Crippen molar-refractivity contribution < 1.29 is 32.3 Å². The van der Waals surface area contributed by atoms with Crippen LogP contribution in [0.1, 0.15) is 25.0 Å². The van der Waals surface area contributed by atoms with Crippen LogP contribution in [0.25, 0.3) is 11.3 Å². The number of ether oxygens (including phenoxy) is 1. The molecule has 0 unspecified atom stereocenters. The number of fused-ring (bicyclic) bond motifs is 4. The highest BCUT2D eigenvalue weighted by atomic mass is 19.4. The summed E-state index contributed by atoms with van der Waals surface area (Å²) in [5.41, 5.74) is -0.159. The molecule has 3 aliphatic rings. The molecule has 2 N–H and O–H groups in total. The van der Waals surface area contributed by atoms with Gasteiger partial charge in [0.1, 0.15) is 0 Å². The first kappa shape index (κ1) is 22.3. The summed E-state index contributed by atoms with van der Waals surface area (Å²) < 4.78 is 44.7. The Balaban J connectivity index is 1.61. The van der Waals surface area contributed by atoms with Gasteiger partial charge in [0.2, 0.25) is 11.8 Å². The van der Waals surface area contributed by atoms with E-state index in [0.717, 1.165) is 18.0 Å². The molecular weight excluding hydrogens is 453 g/mol. The van der Waals surface area contributed by atoms with Crippen LogP contribution in [0.4, 0.5) is 23.7 Å². The zero-order chi connectivity index (χ0) is 24.4. The quantitative estimate of drug-likeness (QED) is 0.617. The van der Waals surface area contributed by atoms with E-state index in [4.69, 9.17) is 4.74 Å². The van der Waals surface area contributed by atoms with Gasteiger partial charge in [-0.15, -0.1) is 0 Å². The largest absolute Gasteiger partial charge is 0.417 e. The van der Waals surface area contributed by atoms with E-state index >= 15 is 0 Å². The smallest absolute Gasteiger partial charge is 0.372 e. The summed E-state index contributed by atoms with van der Waals surface area (Å²) in [7, 11) is 0. The Labute approximate surface area is 192 Å². The Morgan fingerprint density at radius 3 is 2.41 bits per heavy atom. The van der Waals surface area contributed by atoms with Crippen molar-refractivity contribution in [3.05, 3.63) is 47.7 Å². The number of urea groups is 1. The minimum absolute atomic E-state index is 0.00893. The van der Waals surface area contributed by atoms with Crippen molar-refractivity contribution in [1.82, 2.24) is 15.6 Å². The van der Waals surface area contributed by atoms with Crippen molar-refractivity contribution in [3.8, 4) is 11.3 Å². The van der Waals surface area contributed by atoms with Gasteiger partial charge in [0, 0.05) is 24.0 Å². The number of carbonyl (C=O) groups is 3. The molecule has 0 saturated carbocycles. The van der Waals surface area contributed by atoms with E-state index in [9.17, 15) is 27.6 Å². The summed E-state index contributed by atoms with van der Waals surface area (Å²) in [6, 6.07) is 6.00. The highest BCUT2D eigenvalue weighted by Gasteiger charge is 2.62. The number of aromatic nitrogens is 1. The van der Waals surface area contributed by atoms with E-state index in [1.165, 1.54) is 6.07 Å². The van der Waals surface area contributed by atoms with Crippen molar-refractivity contribution in [2.45, 2.75) is 44.7 Å². The van der Waals surface area contributed by atoms with Crippen LogP contribution in [0.15, 0.2) is 36.5 Å². The van der Waals surface area contributed by atoms with Gasteiger partial charge < -0.3 is 9.64 Å². The number of alkyl halides is 3. The van der Waals surface area contributed by atoms with Gasteiger partial charge in [0.15, 0.2) is 5.41 Å². The maximum atomic E-state index is 13.2. The highest BCUT2D eigenvalue weighted by Crippen LogP contribution is 2.47. The Bertz CT molecular complexity index is 1180. The predicted octanol–water partition coefficient (Wildman–Crippen LogP) is 2.66. The molecule has 1 spiro atoms. The molecule has 8 nitrogen and oxygen atoms in total. The van der Waals surface area contributed by atoms with Crippen LogP contribution in [-0.4, -0.2) is 47.6 Å². The van der Waals surface area contributed by atoms with E-state index in [2.05, 4.69) is 15.6 Å². The fourth-order valence-corrected chi connectivity index (χ4v) is 5.34. The summed E-state index contributed by atoms with van der Waals surface area (Å²) in [4.78, 5) is 44.1. The van der Waals surface area contributed by atoms with Gasteiger partial charge in [-0.3, -0.25) is 25.2 Å². The Morgan fingerprint density at radius 2 is 1.79 bits per heavy atom. The zero-order valence-electron chi connectivity index (χ0n) is 18.3. The second-order valence-corrected chi connectivity index (χ2v) is 8.91. The van der Waals surface area contributed by atoms with Gasteiger partial charge in [-0.05, 0) is 50.1 Å². The molecule has 3 aliphatic heterocycles. The average Bonchev–Trinajstić information content (AvgIpc) is 2.76. The summed E-state index contributed by atoms with van der Waals surface area (Å²) in [5.74, 6) is -1.41. The third kappa shape index (κ3) is 3.33. The first-order chi connectivity index (χ1) is 16.0. The number of morpholine rings is 1. The van der Waals surface area contributed by atoms with Crippen LogP contribution < -0.4 is 15.5 Å². The van der Waals surface area contributed by atoms with E-state index in [0.29, 0.717) is 23.4 Å². The van der Waals surface area contributed by atoms with Gasteiger partial charge in [-0.25, -0.2) is 4.79 Å². The van der Waals surface area contributed by atoms with Gasteiger partial charge in [-0.1, -0.05) is 6.07 Å². The van der Waals surface area contributed by atoms with E-state index < -0.39 is 47.1 Å². The fourth-order valence-electron chi connectivity index (χ4n) is 5.34. The molecule has 1 aromatic carbocycles. The van der Waals surface area contributed by atoms with E-state index in [1.54, 1.807) is 19.1 Å². The second kappa shape index (κ2) is 7.52. The molecule has 1 aromatic heterocycles. The predicted molar refractivity (Wildman–Crippen MR) is 114 cm³/mol. The van der Waals surface area contributed by atoms with E-state index in [-0.39, 0.29) is 12.5 Å². The number of benzene rings is 1. The maximum absolute atomic E-state index is 13.2. The van der Waals surface area contributed by atoms with Crippen LogP contribution in [0.3, 0.4) is 0 Å². The monoisotopic (exact) mass is 474 g/mol. The number of hydrogen-bond acceptors (Lipinski definition) is 6. The molecule has 11 heteroatoms. The normalized spacial score (nSPS) is 26.0. The molecule has 2 saturated heterocycles. The molecule has 0 aliphatic carbocycles. The number of rotatable bonds is 1. The minimum atomic E-state index is -4.49. The molecule has 2 fully saturated rings. The fraction of sp³-hybridized carbons (Fsp3) is 0.391. The molecule has 2 aromatic rings. The Hall–Kier alpha value is -3.47. The van der Waals surface area contributed by atoms with Crippen molar-refractivity contribution in [2.75, 3.05) is 11.4 Å². The topological polar surface area (TPSA) is 101 Å². The van der Waals surface area contributed by atoms with Crippen LogP contribution >= 0.6 is 0 Å². The van der Waals surface area contributed by atoms with Crippen molar-refractivity contribution in [1.29, 1.82) is 0 Å². The maximum Gasteiger partial charge on any atom is 0.417 e. The minimum Gasteiger partial charge on any atom is -0.372 e. The number of imide groups is 2. The molecule has 4 amide bonds. The zero-order valence-corrected chi connectivity index (χ0v) is 18.3. The van der Waals surface area contributed by atoms with Gasteiger partial charge >= 0.3 is 12.2 Å². The molecule has 0 radical (unpaired) electrons. The highest BCUT2D eigenvalue weighted by molar-refractivity contribution is 6.20. The number of amides is 4. The number of hydrogen-bond donors (Lipinski definition) is 2. The molecule has 3 atom stereocenters. The average molecular weight is 474 g/mol. The molecule has 0 bridgehead atoms. The summed E-state index contributed by atoms with van der Waals surface area (Å²) in [5, 5.41) is 4.44. The Morgan fingerprint density at radius 1 is 1.09 bits per heavy atom. The molecular formula is C23H21F3N4O4. The Kier molecular flexibility index (Phi) is 4.94. The van der Waals surface area contributed by atoms with Gasteiger partial charge in [-0.2, -0.15) is 13.2 Å². The number of carbonyl (C=O) groups excluding carboxylic acids is 3. The lowest BCUT2D eigenvalue weighted by molar-refractivity contribution is -0.153. The third-order valence-electron chi connectivity index (χ3n) is 6.70. The lowest BCUT2D eigenvalue weighted by Gasteiger charge is -2.55. The summed E-state index contributed by atoms with van der Waals surface area (Å²) in [6.07, 6.45) is -4.40. The molecule has 34 heavy (non-hydrogen) atoms. The first-order valence-corrected chi connectivity index (χ1v) is 10.8. The van der Waals surface area contributed by atoms with Crippen LogP contribution in [0.5, 0.6) is 0 Å². The third-order valence-corrected chi connectivity index (χ3v) is 6.70. The number of barbiturate groups is 1. The number of nitrogens with one attached hydrogen (secondary N) is 2. The van der Waals surface area contributed by atoms with Crippen LogP contribution in [-0.2, 0) is 26.9 Å². The second-order valence-electron chi connectivity index (χ2n) is 8.91. The first-order valence-electron chi connectivity index (χ1n) is 10.8. The van der Waals surface area contributed by atoms with Gasteiger partial charge in [0.25, 0.3) is 0 Å².